The van der Waals surface area contributed by atoms with Gasteiger partial charge in [-0.2, -0.15) is 5.26 Å². The number of hydrogen-bond acceptors (Lipinski definition) is 4. The van der Waals surface area contributed by atoms with Crippen LogP contribution < -0.4 is 5.32 Å². The van der Waals surface area contributed by atoms with Gasteiger partial charge in [0.05, 0.1) is 5.75 Å². The Balaban J connectivity index is 2.04. The van der Waals surface area contributed by atoms with Gasteiger partial charge < -0.3 is 9.88 Å². The van der Waals surface area contributed by atoms with E-state index in [0.29, 0.717) is 12.2 Å². The van der Waals surface area contributed by atoms with Crippen LogP contribution >= 0.6 is 0 Å². The fourth-order valence-electron chi connectivity index (χ4n) is 1.99. The van der Waals surface area contributed by atoms with Crippen molar-refractivity contribution in [2.45, 2.75) is 19.5 Å². The Bertz CT molecular complexity index is 635. The lowest BCUT2D eigenvalue weighted by atomic mass is 10.2. The van der Waals surface area contributed by atoms with Crippen LogP contribution in [0.5, 0.6) is 0 Å². The topological polar surface area (TPSA) is 74.9 Å². The molecule has 1 aliphatic heterocycles. The van der Waals surface area contributed by atoms with E-state index in [1.54, 1.807) is 6.08 Å². The van der Waals surface area contributed by atoms with Gasteiger partial charge in [-0.15, -0.1) is 0 Å². The molecule has 0 radical (unpaired) electrons. The van der Waals surface area contributed by atoms with Crippen LogP contribution in [0.15, 0.2) is 17.6 Å². The van der Waals surface area contributed by atoms with Crippen LogP contribution in [0, 0.1) is 18.3 Å². The number of hydrogen-bond donors (Lipinski definition) is 1. The highest BCUT2D eigenvalue weighted by molar-refractivity contribution is 7.94. The second-order valence-electron chi connectivity index (χ2n) is 4.46. The Hall–Kier alpha value is -1.58. The molecule has 1 atom stereocenters. The predicted octanol–water partition coefficient (Wildman–Crippen LogP) is 0.605. The maximum Gasteiger partial charge on any atom is 0.173 e. The highest BCUT2D eigenvalue weighted by Crippen LogP contribution is 2.14. The summed E-state index contributed by atoms with van der Waals surface area (Å²) in [5, 5.41) is 13.3. The first-order valence-electron chi connectivity index (χ1n) is 5.62. The smallest absolute Gasteiger partial charge is 0.173 e. The van der Waals surface area contributed by atoms with Crippen LogP contribution in [0.4, 0.5) is 0 Å². The number of aromatic nitrogens is 1. The summed E-state index contributed by atoms with van der Waals surface area (Å²) in [5.74, 6) is 0.115. The van der Waals surface area contributed by atoms with Crippen molar-refractivity contribution in [3.05, 3.63) is 34.5 Å². The van der Waals surface area contributed by atoms with E-state index in [2.05, 4.69) is 11.4 Å². The van der Waals surface area contributed by atoms with E-state index in [0.717, 1.165) is 11.3 Å². The van der Waals surface area contributed by atoms with Crippen molar-refractivity contribution in [2.24, 2.45) is 7.05 Å². The molecule has 0 saturated heterocycles. The number of nitrogens with one attached hydrogen (secondary N) is 1. The normalized spacial score (nSPS) is 21.1. The lowest BCUT2D eigenvalue weighted by Crippen LogP contribution is -2.29. The lowest BCUT2D eigenvalue weighted by Gasteiger charge is -2.09. The Morgan fingerprint density at radius 3 is 2.83 bits per heavy atom. The lowest BCUT2D eigenvalue weighted by molar-refractivity contribution is 0.590. The maximum atomic E-state index is 11.2. The molecule has 6 heteroatoms. The minimum atomic E-state index is -3.02. The van der Waals surface area contributed by atoms with Crippen LogP contribution in [-0.2, 0) is 23.4 Å². The molecule has 1 unspecified atom stereocenters. The molecule has 2 heterocycles. The van der Waals surface area contributed by atoms with E-state index in [4.69, 9.17) is 5.26 Å². The molecule has 1 aliphatic rings. The molecule has 96 valence electrons. The van der Waals surface area contributed by atoms with Crippen LogP contribution in [0.25, 0.3) is 0 Å². The molecule has 0 saturated carbocycles. The third kappa shape index (κ3) is 2.47. The summed E-state index contributed by atoms with van der Waals surface area (Å²) in [5.41, 5.74) is 2.65. The summed E-state index contributed by atoms with van der Waals surface area (Å²) in [4.78, 5) is 0. The van der Waals surface area contributed by atoms with Gasteiger partial charge in [-0.05, 0) is 18.6 Å². The van der Waals surface area contributed by atoms with Gasteiger partial charge in [-0.3, -0.25) is 0 Å². The van der Waals surface area contributed by atoms with E-state index in [-0.39, 0.29) is 11.8 Å². The first-order chi connectivity index (χ1) is 8.43. The van der Waals surface area contributed by atoms with Gasteiger partial charge in [-0.25, -0.2) is 8.42 Å². The summed E-state index contributed by atoms with van der Waals surface area (Å²) in [6.07, 6.45) is 1.67. The highest BCUT2D eigenvalue weighted by Gasteiger charge is 2.21. The molecule has 0 fully saturated rings. The average Bonchev–Trinajstić information content (AvgIpc) is 2.79. The summed E-state index contributed by atoms with van der Waals surface area (Å²) >= 11 is 0. The van der Waals surface area contributed by atoms with Gasteiger partial charge in [0.15, 0.2) is 9.84 Å². The fraction of sp³-hybridized carbons (Fsp3) is 0.417. The van der Waals surface area contributed by atoms with Gasteiger partial charge in [0.25, 0.3) is 0 Å². The van der Waals surface area contributed by atoms with Gasteiger partial charge in [0.2, 0.25) is 0 Å². The fourth-order valence-corrected chi connectivity index (χ4v) is 3.26. The molecule has 1 N–H and O–H groups in total. The monoisotopic (exact) mass is 265 g/mol. The minimum Gasteiger partial charge on any atom is -0.340 e. The first-order valence-corrected chi connectivity index (χ1v) is 7.34. The molecular formula is C12H15N3O2S. The summed E-state index contributed by atoms with van der Waals surface area (Å²) in [7, 11) is -1.17. The highest BCUT2D eigenvalue weighted by atomic mass is 32.2. The Kier molecular flexibility index (Phi) is 3.28. The van der Waals surface area contributed by atoms with Crippen molar-refractivity contribution in [1.29, 1.82) is 5.26 Å². The molecule has 0 amide bonds. The van der Waals surface area contributed by atoms with Crippen LogP contribution in [0.2, 0.25) is 0 Å². The van der Waals surface area contributed by atoms with Crippen molar-refractivity contribution in [1.82, 2.24) is 9.88 Å². The average molecular weight is 265 g/mol. The Morgan fingerprint density at radius 1 is 1.61 bits per heavy atom. The molecule has 1 aromatic rings. The van der Waals surface area contributed by atoms with Gasteiger partial charge in [0, 0.05) is 30.7 Å². The van der Waals surface area contributed by atoms with E-state index in [9.17, 15) is 8.42 Å². The molecular weight excluding hydrogens is 250 g/mol. The standard InChI is InChI=1S/C12H15N3O2S/c1-9-10(5-12(6-13)15(9)2)7-14-11-3-4-18(16,17)8-11/h3-5,11,14H,7-8H2,1-2H3. The number of rotatable bonds is 3. The quantitative estimate of drug-likeness (QED) is 0.868. The van der Waals surface area contributed by atoms with E-state index >= 15 is 0 Å². The second kappa shape index (κ2) is 4.59. The largest absolute Gasteiger partial charge is 0.340 e. The van der Waals surface area contributed by atoms with E-state index in [1.165, 1.54) is 5.41 Å². The summed E-state index contributed by atoms with van der Waals surface area (Å²) in [6.45, 7) is 2.50. The zero-order chi connectivity index (χ0) is 13.3. The SMILES string of the molecule is Cc1c(CNC2C=CS(=O)(=O)C2)cc(C#N)n1C. The molecule has 5 nitrogen and oxygen atoms in total. The number of sulfone groups is 1. The maximum absolute atomic E-state index is 11.2. The van der Waals surface area contributed by atoms with E-state index in [1.807, 2.05) is 24.6 Å². The zero-order valence-electron chi connectivity index (χ0n) is 10.3. The first kappa shape index (κ1) is 12.9. The summed E-state index contributed by atoms with van der Waals surface area (Å²) < 4.78 is 24.3. The third-order valence-corrected chi connectivity index (χ3v) is 4.64. The van der Waals surface area contributed by atoms with E-state index < -0.39 is 9.84 Å². The van der Waals surface area contributed by atoms with Crippen LogP contribution in [0.1, 0.15) is 17.0 Å². The third-order valence-electron chi connectivity index (χ3n) is 3.24. The summed E-state index contributed by atoms with van der Waals surface area (Å²) in [6, 6.07) is 3.81. The number of nitriles is 1. The zero-order valence-corrected chi connectivity index (χ0v) is 11.2. The molecule has 18 heavy (non-hydrogen) atoms. The number of nitrogens with zero attached hydrogens (tertiary/aromatic N) is 2. The molecule has 1 aromatic heterocycles. The molecule has 0 bridgehead atoms. The van der Waals surface area contributed by atoms with Gasteiger partial charge in [0.1, 0.15) is 11.8 Å². The Labute approximate surface area is 107 Å². The molecule has 0 aromatic carbocycles. The molecule has 2 rings (SSSR count). The van der Waals surface area contributed by atoms with Crippen molar-refractivity contribution >= 4 is 9.84 Å². The molecule has 0 aliphatic carbocycles. The van der Waals surface area contributed by atoms with Crippen LogP contribution in [0.3, 0.4) is 0 Å². The molecule has 0 spiro atoms. The van der Waals surface area contributed by atoms with Gasteiger partial charge in [-0.1, -0.05) is 6.08 Å². The van der Waals surface area contributed by atoms with Crippen molar-refractivity contribution in [3.8, 4) is 6.07 Å². The van der Waals surface area contributed by atoms with Crippen LogP contribution in [-0.4, -0.2) is 24.8 Å². The minimum absolute atomic E-state index is 0.115. The second-order valence-corrected chi connectivity index (χ2v) is 6.39. The van der Waals surface area contributed by atoms with Crippen molar-refractivity contribution in [3.63, 3.8) is 0 Å². The predicted molar refractivity (Wildman–Crippen MR) is 68.4 cm³/mol. The van der Waals surface area contributed by atoms with Gasteiger partial charge >= 0.3 is 0 Å². The van der Waals surface area contributed by atoms with Crippen molar-refractivity contribution < 1.29 is 8.42 Å². The Morgan fingerprint density at radius 2 is 2.33 bits per heavy atom. The van der Waals surface area contributed by atoms with Crippen molar-refractivity contribution in [2.75, 3.05) is 5.75 Å².